The number of amides is 1. The average molecular weight is 344 g/mol. The highest BCUT2D eigenvalue weighted by Crippen LogP contribution is 2.31. The molecular formula is C12H14Cl4N2O. The molecule has 7 heteroatoms. The maximum atomic E-state index is 11.7. The SMILES string of the molecule is CC(C)C(=O)N[C@@H](Nc1cccc(Cl)c1)C(Cl)(Cl)Cl. The second kappa shape index (κ2) is 6.89. The Morgan fingerprint density at radius 3 is 2.37 bits per heavy atom. The second-order valence-corrected chi connectivity index (χ2v) is 7.10. The number of carbonyl (C=O) groups is 1. The highest BCUT2D eigenvalue weighted by Gasteiger charge is 2.34. The molecule has 19 heavy (non-hydrogen) atoms. The van der Waals surface area contributed by atoms with Crippen molar-refractivity contribution in [3.05, 3.63) is 29.3 Å². The van der Waals surface area contributed by atoms with Crippen molar-refractivity contribution < 1.29 is 4.79 Å². The number of hydrogen-bond acceptors (Lipinski definition) is 2. The zero-order valence-electron chi connectivity index (χ0n) is 10.4. The Morgan fingerprint density at radius 2 is 1.89 bits per heavy atom. The summed E-state index contributed by atoms with van der Waals surface area (Å²) in [4.78, 5) is 11.7. The Balaban J connectivity index is 2.84. The largest absolute Gasteiger partial charge is 0.362 e. The molecule has 1 aromatic rings. The van der Waals surface area contributed by atoms with Gasteiger partial charge in [-0.15, -0.1) is 0 Å². The number of rotatable bonds is 4. The third kappa shape index (κ3) is 5.65. The summed E-state index contributed by atoms with van der Waals surface area (Å²) in [6.45, 7) is 3.51. The summed E-state index contributed by atoms with van der Waals surface area (Å²) >= 11 is 23.4. The van der Waals surface area contributed by atoms with Gasteiger partial charge in [-0.3, -0.25) is 4.79 Å². The quantitative estimate of drug-likeness (QED) is 0.634. The summed E-state index contributed by atoms with van der Waals surface area (Å²) in [7, 11) is 0. The minimum Gasteiger partial charge on any atom is -0.362 e. The minimum atomic E-state index is -1.69. The van der Waals surface area contributed by atoms with Gasteiger partial charge >= 0.3 is 0 Å². The van der Waals surface area contributed by atoms with Gasteiger partial charge in [0.1, 0.15) is 6.17 Å². The van der Waals surface area contributed by atoms with Crippen molar-refractivity contribution in [2.45, 2.75) is 23.8 Å². The van der Waals surface area contributed by atoms with Gasteiger partial charge in [-0.1, -0.05) is 66.3 Å². The molecule has 0 aliphatic heterocycles. The number of carbonyl (C=O) groups excluding carboxylic acids is 1. The minimum absolute atomic E-state index is 0.212. The van der Waals surface area contributed by atoms with Crippen LogP contribution in [-0.2, 0) is 4.79 Å². The normalized spacial score (nSPS) is 13.2. The van der Waals surface area contributed by atoms with E-state index in [1.165, 1.54) is 0 Å². The summed E-state index contributed by atoms with van der Waals surface area (Å²) in [5, 5.41) is 6.11. The van der Waals surface area contributed by atoms with E-state index < -0.39 is 9.96 Å². The first kappa shape index (κ1) is 16.7. The van der Waals surface area contributed by atoms with Crippen molar-refractivity contribution in [2.75, 3.05) is 5.32 Å². The molecule has 0 heterocycles. The molecule has 1 aromatic carbocycles. The number of hydrogen-bond donors (Lipinski definition) is 2. The fraction of sp³-hybridized carbons (Fsp3) is 0.417. The fourth-order valence-electron chi connectivity index (χ4n) is 1.25. The van der Waals surface area contributed by atoms with Gasteiger partial charge in [0.2, 0.25) is 9.70 Å². The van der Waals surface area contributed by atoms with Crippen molar-refractivity contribution in [2.24, 2.45) is 5.92 Å². The summed E-state index contributed by atoms with van der Waals surface area (Å²) in [6.07, 6.45) is -0.856. The van der Waals surface area contributed by atoms with Crippen LogP contribution >= 0.6 is 46.4 Å². The van der Waals surface area contributed by atoms with Gasteiger partial charge < -0.3 is 10.6 Å². The van der Waals surface area contributed by atoms with Gasteiger partial charge in [0.15, 0.2) is 0 Å². The molecule has 0 aromatic heterocycles. The van der Waals surface area contributed by atoms with Crippen LogP contribution in [0.3, 0.4) is 0 Å². The van der Waals surface area contributed by atoms with Gasteiger partial charge in [0.05, 0.1) is 0 Å². The fourth-order valence-corrected chi connectivity index (χ4v) is 1.77. The Morgan fingerprint density at radius 1 is 1.26 bits per heavy atom. The van der Waals surface area contributed by atoms with Crippen LogP contribution in [0, 0.1) is 5.92 Å². The first-order valence-corrected chi connectivity index (χ1v) is 7.10. The Kier molecular flexibility index (Phi) is 6.06. The molecule has 0 unspecified atom stereocenters. The highest BCUT2D eigenvalue weighted by atomic mass is 35.6. The van der Waals surface area contributed by atoms with E-state index in [2.05, 4.69) is 10.6 Å². The van der Waals surface area contributed by atoms with Crippen LogP contribution in [-0.4, -0.2) is 15.9 Å². The molecule has 1 rings (SSSR count). The van der Waals surface area contributed by atoms with E-state index in [0.717, 1.165) is 0 Å². The maximum absolute atomic E-state index is 11.7. The second-order valence-electron chi connectivity index (χ2n) is 4.29. The van der Waals surface area contributed by atoms with Crippen molar-refractivity contribution in [1.82, 2.24) is 5.32 Å². The molecule has 0 saturated carbocycles. The number of nitrogens with one attached hydrogen (secondary N) is 2. The van der Waals surface area contributed by atoms with E-state index in [9.17, 15) is 4.79 Å². The molecule has 0 aliphatic rings. The predicted molar refractivity (Wildman–Crippen MR) is 82.1 cm³/mol. The molecule has 0 fully saturated rings. The zero-order valence-corrected chi connectivity index (χ0v) is 13.4. The van der Waals surface area contributed by atoms with Crippen LogP contribution in [0.25, 0.3) is 0 Å². The molecule has 0 aliphatic carbocycles. The summed E-state index contributed by atoms with van der Waals surface area (Å²) in [6, 6.07) is 6.91. The average Bonchev–Trinajstić information content (AvgIpc) is 2.26. The van der Waals surface area contributed by atoms with Crippen LogP contribution in [0.15, 0.2) is 24.3 Å². The van der Waals surface area contributed by atoms with Crippen LogP contribution in [0.2, 0.25) is 5.02 Å². The summed E-state index contributed by atoms with van der Waals surface area (Å²) < 4.78 is -1.69. The Bertz CT molecular complexity index is 446. The lowest BCUT2D eigenvalue weighted by molar-refractivity contribution is -0.124. The van der Waals surface area contributed by atoms with Gasteiger partial charge in [-0.2, -0.15) is 0 Å². The van der Waals surface area contributed by atoms with Gasteiger partial charge in [-0.05, 0) is 18.2 Å². The molecule has 106 valence electrons. The molecule has 2 N–H and O–H groups in total. The van der Waals surface area contributed by atoms with Crippen molar-refractivity contribution in [1.29, 1.82) is 0 Å². The van der Waals surface area contributed by atoms with Crippen LogP contribution in [0.1, 0.15) is 13.8 Å². The molecule has 0 bridgehead atoms. The smallest absolute Gasteiger partial charge is 0.228 e. The molecule has 0 saturated heterocycles. The third-order valence-corrected chi connectivity index (χ3v) is 3.16. The number of halogens is 4. The molecule has 0 radical (unpaired) electrons. The number of benzene rings is 1. The topological polar surface area (TPSA) is 41.1 Å². The maximum Gasteiger partial charge on any atom is 0.228 e. The van der Waals surface area contributed by atoms with Crippen LogP contribution in [0.5, 0.6) is 0 Å². The summed E-state index contributed by atoms with van der Waals surface area (Å²) in [5.41, 5.74) is 0.646. The van der Waals surface area contributed by atoms with E-state index >= 15 is 0 Å². The predicted octanol–water partition coefficient (Wildman–Crippen LogP) is 4.22. The monoisotopic (exact) mass is 342 g/mol. The van der Waals surface area contributed by atoms with E-state index in [1.54, 1.807) is 38.1 Å². The van der Waals surface area contributed by atoms with Crippen molar-refractivity contribution in [3.63, 3.8) is 0 Å². The lowest BCUT2D eigenvalue weighted by Gasteiger charge is -2.28. The standard InChI is InChI=1S/C12H14Cl4N2O/c1-7(2)10(19)18-11(12(14,15)16)17-9-5-3-4-8(13)6-9/h3-7,11,17H,1-2H3,(H,18,19)/t11-/m1/s1. The third-order valence-electron chi connectivity index (χ3n) is 2.27. The lowest BCUT2D eigenvalue weighted by atomic mass is 10.2. The van der Waals surface area contributed by atoms with Crippen LogP contribution < -0.4 is 10.6 Å². The van der Waals surface area contributed by atoms with E-state index in [1.807, 2.05) is 0 Å². The molecular weight excluding hydrogens is 330 g/mol. The zero-order chi connectivity index (χ0) is 14.6. The Hall–Kier alpha value is -0.350. The summed E-state index contributed by atoms with van der Waals surface area (Å²) in [5.74, 6) is -0.429. The van der Waals surface area contributed by atoms with E-state index in [4.69, 9.17) is 46.4 Å². The van der Waals surface area contributed by atoms with Crippen molar-refractivity contribution >= 4 is 58.0 Å². The van der Waals surface area contributed by atoms with Crippen molar-refractivity contribution in [3.8, 4) is 0 Å². The van der Waals surface area contributed by atoms with Crippen LogP contribution in [0.4, 0.5) is 5.69 Å². The van der Waals surface area contributed by atoms with E-state index in [0.29, 0.717) is 10.7 Å². The Labute approximate surface area is 132 Å². The molecule has 1 atom stereocenters. The number of alkyl halides is 3. The first-order chi connectivity index (χ1) is 8.70. The number of anilines is 1. The van der Waals surface area contributed by atoms with Gasteiger partial charge in [-0.25, -0.2) is 0 Å². The van der Waals surface area contributed by atoms with E-state index in [-0.39, 0.29) is 11.8 Å². The van der Waals surface area contributed by atoms with Gasteiger partial charge in [0, 0.05) is 16.6 Å². The molecule has 0 spiro atoms. The first-order valence-electron chi connectivity index (χ1n) is 5.59. The lowest BCUT2D eigenvalue weighted by Crippen LogP contribution is -2.50. The molecule has 1 amide bonds. The molecule has 3 nitrogen and oxygen atoms in total. The highest BCUT2D eigenvalue weighted by molar-refractivity contribution is 6.68. The van der Waals surface area contributed by atoms with Gasteiger partial charge in [0.25, 0.3) is 0 Å².